The number of aliphatic hydroxyl groups excluding tert-OH is 1. The normalized spacial score (nSPS) is 26.0. The number of hydrogen-bond acceptors (Lipinski definition) is 12. The van der Waals surface area contributed by atoms with Gasteiger partial charge in [-0.2, -0.15) is 0 Å². The summed E-state index contributed by atoms with van der Waals surface area (Å²) in [5.74, 6) is 0.205. The maximum atomic E-state index is 11.7. The van der Waals surface area contributed by atoms with Crippen molar-refractivity contribution in [2.75, 3.05) is 28.1 Å². The Morgan fingerprint density at radius 1 is 0.735 bits per heavy atom. The number of hydrogen-bond donors (Lipinski definition) is 1. The molecule has 3 aromatic rings. The minimum atomic E-state index is -1.35. The number of aliphatic hydroxyl groups is 1. The van der Waals surface area contributed by atoms with Gasteiger partial charge in [-0.3, -0.25) is 0 Å². The molecule has 3 fully saturated rings. The van der Waals surface area contributed by atoms with Crippen LogP contribution in [0.5, 0.6) is 11.5 Å². The number of carbonyl (C=O) groups excluding carboxylic acids is 1. The molecule has 12 heteroatoms. The first-order valence-electron chi connectivity index (χ1n) is 24.2. The van der Waals surface area contributed by atoms with Crippen molar-refractivity contribution in [1.29, 1.82) is 0 Å². The summed E-state index contributed by atoms with van der Waals surface area (Å²) in [6.07, 6.45) is 8.36. The van der Waals surface area contributed by atoms with Gasteiger partial charge in [-0.05, 0) is 86.4 Å². The summed E-state index contributed by atoms with van der Waals surface area (Å²) in [6.45, 7) is 16.1. The van der Waals surface area contributed by atoms with Gasteiger partial charge in [-0.15, -0.1) is 0 Å². The van der Waals surface area contributed by atoms with Crippen molar-refractivity contribution < 1.29 is 57.3 Å². The summed E-state index contributed by atoms with van der Waals surface area (Å²) in [5.41, 5.74) is 4.53. The Morgan fingerprint density at radius 2 is 1.34 bits per heavy atom. The highest BCUT2D eigenvalue weighted by Gasteiger charge is 2.55. The first-order chi connectivity index (χ1) is 32.8. The van der Waals surface area contributed by atoms with Crippen LogP contribution in [0.25, 0.3) is 0 Å². The van der Waals surface area contributed by atoms with Crippen molar-refractivity contribution >= 4 is 6.29 Å². The van der Waals surface area contributed by atoms with Gasteiger partial charge >= 0.3 is 0 Å². The topological polar surface area (TPSA) is 130 Å². The van der Waals surface area contributed by atoms with E-state index >= 15 is 0 Å². The number of aldehydes is 1. The molecule has 0 bridgehead atoms. The van der Waals surface area contributed by atoms with Crippen molar-refractivity contribution in [1.82, 2.24) is 0 Å². The quantitative estimate of drug-likeness (QED) is 0.0356. The molecular formula is C56H76O12. The number of carbonyl (C=O) groups is 1. The number of benzene rings is 3. The lowest BCUT2D eigenvalue weighted by atomic mass is 9.75. The smallest absolute Gasteiger partial charge is 0.203 e. The van der Waals surface area contributed by atoms with Gasteiger partial charge in [-0.1, -0.05) is 105 Å². The molecule has 1 N–H and O–H groups in total. The molecule has 0 radical (unpaired) electrons. The zero-order valence-corrected chi connectivity index (χ0v) is 41.2. The molecule has 68 heavy (non-hydrogen) atoms. The lowest BCUT2D eigenvalue weighted by molar-refractivity contribution is -0.350. The van der Waals surface area contributed by atoms with Crippen molar-refractivity contribution in [2.24, 2.45) is 5.41 Å². The van der Waals surface area contributed by atoms with E-state index in [9.17, 15) is 9.90 Å². The number of ether oxygens (including phenoxy) is 10. The maximum absolute atomic E-state index is 11.7. The zero-order chi connectivity index (χ0) is 48.5. The predicted octanol–water partition coefficient (Wildman–Crippen LogP) is 10.2. The maximum Gasteiger partial charge on any atom is 0.203 e. The molecule has 0 amide bonds. The van der Waals surface area contributed by atoms with Crippen LogP contribution in [0.4, 0.5) is 0 Å². The van der Waals surface area contributed by atoms with Crippen LogP contribution in [0.3, 0.4) is 0 Å². The van der Waals surface area contributed by atoms with Gasteiger partial charge in [0.1, 0.15) is 30.7 Å². The number of rotatable bonds is 26. The Morgan fingerprint density at radius 3 is 1.97 bits per heavy atom. The molecule has 10 atom stereocenters. The van der Waals surface area contributed by atoms with Crippen LogP contribution in [-0.2, 0) is 62.5 Å². The molecule has 372 valence electrons. The first-order valence-corrected chi connectivity index (χ1v) is 24.2. The molecule has 0 aromatic heterocycles. The largest absolute Gasteiger partial charge is 0.497 e. The van der Waals surface area contributed by atoms with Gasteiger partial charge in [0, 0.05) is 38.2 Å². The van der Waals surface area contributed by atoms with Gasteiger partial charge in [0.05, 0.1) is 82.9 Å². The van der Waals surface area contributed by atoms with E-state index < -0.39 is 17.3 Å². The van der Waals surface area contributed by atoms with Crippen LogP contribution >= 0.6 is 0 Å². The summed E-state index contributed by atoms with van der Waals surface area (Å²) in [4.78, 5) is 11.7. The molecule has 3 aromatic carbocycles. The van der Waals surface area contributed by atoms with E-state index in [1.54, 1.807) is 21.3 Å². The fraction of sp³-hybridized carbons (Fsp3) is 0.554. The molecule has 3 aliphatic heterocycles. The van der Waals surface area contributed by atoms with Crippen molar-refractivity contribution in [2.45, 2.75) is 166 Å². The number of methoxy groups -OCH3 is 3. The van der Waals surface area contributed by atoms with E-state index in [1.165, 1.54) is 0 Å². The van der Waals surface area contributed by atoms with E-state index in [0.717, 1.165) is 64.9 Å². The summed E-state index contributed by atoms with van der Waals surface area (Å²) in [5, 5.41) is 11.7. The van der Waals surface area contributed by atoms with Gasteiger partial charge in [0.25, 0.3) is 0 Å². The molecular weight excluding hydrogens is 865 g/mol. The lowest BCUT2D eigenvalue weighted by Crippen LogP contribution is -2.61. The summed E-state index contributed by atoms with van der Waals surface area (Å²) >= 11 is 0. The highest BCUT2D eigenvalue weighted by atomic mass is 16.7. The van der Waals surface area contributed by atoms with Gasteiger partial charge < -0.3 is 57.3 Å². The summed E-state index contributed by atoms with van der Waals surface area (Å²) in [6, 6.07) is 25.6. The molecule has 3 saturated heterocycles. The van der Waals surface area contributed by atoms with Crippen molar-refractivity contribution in [3.8, 4) is 11.5 Å². The fourth-order valence-corrected chi connectivity index (χ4v) is 9.67. The highest BCUT2D eigenvalue weighted by Crippen LogP contribution is 2.46. The molecule has 3 aliphatic rings. The first kappa shape index (κ1) is 53.1. The van der Waals surface area contributed by atoms with Crippen LogP contribution in [0.15, 0.2) is 115 Å². The Bertz CT molecular complexity index is 2020. The minimum absolute atomic E-state index is 0.0879. The van der Waals surface area contributed by atoms with Crippen LogP contribution < -0.4 is 9.47 Å². The average Bonchev–Trinajstić information content (AvgIpc) is 3.33. The molecule has 0 aliphatic carbocycles. The Kier molecular flexibility index (Phi) is 20.4. The second-order valence-corrected chi connectivity index (χ2v) is 19.2. The van der Waals surface area contributed by atoms with Crippen LogP contribution in [-0.4, -0.2) is 100 Å². The summed E-state index contributed by atoms with van der Waals surface area (Å²) in [7, 11) is 4.89. The second kappa shape index (κ2) is 26.1. The van der Waals surface area contributed by atoms with E-state index in [-0.39, 0.29) is 62.0 Å². The monoisotopic (exact) mass is 941 g/mol. The summed E-state index contributed by atoms with van der Waals surface area (Å²) < 4.78 is 62.1. The molecule has 1 unspecified atom stereocenters. The van der Waals surface area contributed by atoms with Crippen molar-refractivity contribution in [3.63, 3.8) is 0 Å². The van der Waals surface area contributed by atoms with E-state index in [4.69, 9.17) is 47.4 Å². The van der Waals surface area contributed by atoms with Crippen LogP contribution in [0, 0.1) is 5.41 Å². The fourth-order valence-electron chi connectivity index (χ4n) is 9.67. The molecule has 0 saturated carbocycles. The molecule has 6 rings (SSSR count). The Labute approximate surface area is 404 Å². The van der Waals surface area contributed by atoms with E-state index in [1.807, 2.05) is 99.6 Å². The van der Waals surface area contributed by atoms with Crippen LogP contribution in [0.1, 0.15) is 102 Å². The average molecular weight is 941 g/mol. The Balaban J connectivity index is 1.06. The molecule has 3 heterocycles. The second-order valence-electron chi connectivity index (χ2n) is 19.2. The third-order valence-electron chi connectivity index (χ3n) is 13.5. The van der Waals surface area contributed by atoms with Gasteiger partial charge in [0.2, 0.25) is 5.79 Å². The van der Waals surface area contributed by atoms with Gasteiger partial charge in [0.15, 0.2) is 0 Å². The van der Waals surface area contributed by atoms with Gasteiger partial charge in [-0.25, -0.2) is 0 Å². The molecule has 0 spiro atoms. The lowest BCUT2D eigenvalue weighted by Gasteiger charge is -2.51. The Hall–Kier alpha value is -4.21. The predicted molar refractivity (Wildman–Crippen MR) is 261 cm³/mol. The van der Waals surface area contributed by atoms with Crippen molar-refractivity contribution in [3.05, 3.63) is 132 Å². The van der Waals surface area contributed by atoms with E-state index in [0.29, 0.717) is 58.3 Å². The standard InChI is InChI=1S/C56H76O12/c1-39-28-48(66-51(29-39)33-52-31-40(2)30-50(67-52)32-47(25-27-57)63-36-43-14-18-45(59-6)19-15-43)24-26-55(4,5)56(61-8)54(58)23-22-49(68-56)34-53(64-37-44-16-20-46(60-7)21-17-44)41(3)65-38-62-35-42-12-10-9-11-13-42/h9-21,24,26-27,41,47-54,58H,1-2,22-23,25,28-38H2,3-8H3/b26-24-/t41-,47-,48+,49+,50+,51+,52-,53-,54?,56-/m1/s1. The third kappa shape index (κ3) is 15.4. The molecule has 12 nitrogen and oxygen atoms in total. The van der Waals surface area contributed by atoms with Crippen LogP contribution in [0.2, 0.25) is 0 Å². The minimum Gasteiger partial charge on any atom is -0.497 e. The zero-order valence-electron chi connectivity index (χ0n) is 41.2. The highest BCUT2D eigenvalue weighted by molar-refractivity contribution is 5.50. The third-order valence-corrected chi connectivity index (χ3v) is 13.5. The SMILES string of the molecule is C=C1C[C@H](C[C@@H]2CC(=C)C[C@H](/C=C\C(C)(C)[C@]3(OC)O[C@H](C[C@@H](OCc4ccc(OC)cc4)[C@@H](C)OCOCc4ccccc4)CCC3O)O2)O[C@H](C[C@@H](CC=O)OCc2ccc(OC)cc2)C1. The van der Waals surface area contributed by atoms with E-state index in [2.05, 4.69) is 25.3 Å².